The predicted octanol–water partition coefficient (Wildman–Crippen LogP) is 15.8. The number of rotatable bonds is 6. The second-order valence-electron chi connectivity index (χ2n) is 15.3. The predicted molar refractivity (Wildman–Crippen MR) is 249 cm³/mol. The summed E-state index contributed by atoms with van der Waals surface area (Å²) in [6.45, 7) is 0. The highest BCUT2D eigenvalue weighted by molar-refractivity contribution is 6.15. The zero-order chi connectivity index (χ0) is 38.9. The molecule has 0 radical (unpaired) electrons. The number of para-hydroxylation sites is 5. The number of anilines is 3. The Balaban J connectivity index is 1.07. The van der Waals surface area contributed by atoms with Gasteiger partial charge >= 0.3 is 0 Å². The number of hydrogen-bond acceptors (Lipinski definition) is 2. The van der Waals surface area contributed by atoms with Crippen LogP contribution in [0.1, 0.15) is 0 Å². The van der Waals surface area contributed by atoms with Crippen molar-refractivity contribution in [3.63, 3.8) is 0 Å². The molecule has 0 bridgehead atoms. The van der Waals surface area contributed by atoms with Gasteiger partial charge in [0.2, 0.25) is 0 Å². The van der Waals surface area contributed by atoms with Crippen molar-refractivity contribution in [3.05, 3.63) is 218 Å². The lowest BCUT2D eigenvalue weighted by atomic mass is 9.93. The first-order valence-corrected chi connectivity index (χ1v) is 20.2. The summed E-state index contributed by atoms with van der Waals surface area (Å²) in [7, 11) is 0. The molecule has 12 aromatic rings. The minimum absolute atomic E-state index is 0.856. The zero-order valence-corrected chi connectivity index (χ0v) is 32.1. The van der Waals surface area contributed by atoms with Crippen molar-refractivity contribution in [1.29, 1.82) is 0 Å². The molecule has 0 aliphatic carbocycles. The van der Waals surface area contributed by atoms with Crippen LogP contribution in [0.25, 0.3) is 93.2 Å². The average molecular weight is 753 g/mol. The van der Waals surface area contributed by atoms with E-state index in [1.807, 2.05) is 6.07 Å². The van der Waals surface area contributed by atoms with Gasteiger partial charge in [0.15, 0.2) is 5.58 Å². The van der Waals surface area contributed by atoms with E-state index in [1.54, 1.807) is 0 Å². The van der Waals surface area contributed by atoms with Crippen LogP contribution in [0.2, 0.25) is 0 Å². The molecule has 0 saturated carbocycles. The van der Waals surface area contributed by atoms with E-state index in [0.29, 0.717) is 0 Å². The molecule has 0 unspecified atom stereocenters. The van der Waals surface area contributed by atoms with Crippen molar-refractivity contribution < 1.29 is 4.42 Å². The highest BCUT2D eigenvalue weighted by Crippen LogP contribution is 2.45. The molecule has 0 aliphatic rings. The molecule has 59 heavy (non-hydrogen) atoms. The molecule has 0 amide bonds. The quantitative estimate of drug-likeness (QED) is 0.158. The van der Waals surface area contributed by atoms with Crippen molar-refractivity contribution in [1.82, 2.24) is 4.57 Å². The Morgan fingerprint density at radius 1 is 0.373 bits per heavy atom. The fraction of sp³-hybridized carbons (Fsp3) is 0. The Morgan fingerprint density at radius 2 is 1.03 bits per heavy atom. The van der Waals surface area contributed by atoms with Crippen LogP contribution in [0.5, 0.6) is 0 Å². The average Bonchev–Trinajstić information content (AvgIpc) is 3.86. The standard InChI is InChI=1S/C56H36N2O/c1-2-17-40(18-3-1)58-52-28-10-8-23-47(52)49-26-13-25-44(55(49)58)38-16-12-19-42(35-38)57(53-29-14-27-50-48-24-9-11-30-54(48)59-56(50)53)41-33-31-37(32-34-41)51-36-39-15-4-5-20-43(39)45-21-6-7-22-46(45)51/h1-36H. The molecule has 0 N–H and O–H groups in total. The van der Waals surface area contributed by atoms with Gasteiger partial charge in [-0.05, 0) is 98.9 Å². The summed E-state index contributed by atoms with van der Waals surface area (Å²) in [5.41, 5.74) is 13.0. The maximum absolute atomic E-state index is 6.72. The molecular weight excluding hydrogens is 717 g/mol. The number of benzene rings is 10. The largest absolute Gasteiger partial charge is 0.454 e. The minimum Gasteiger partial charge on any atom is -0.454 e. The van der Waals surface area contributed by atoms with E-state index >= 15 is 0 Å². The molecular formula is C56H36N2O. The lowest BCUT2D eigenvalue weighted by molar-refractivity contribution is 0.669. The third kappa shape index (κ3) is 5.29. The van der Waals surface area contributed by atoms with E-state index in [4.69, 9.17) is 4.42 Å². The van der Waals surface area contributed by atoms with Crippen LogP contribution in [0.4, 0.5) is 17.1 Å². The third-order valence-corrected chi connectivity index (χ3v) is 12.0. The molecule has 2 aromatic heterocycles. The van der Waals surface area contributed by atoms with E-state index in [2.05, 4.69) is 222 Å². The second kappa shape index (κ2) is 13.4. The lowest BCUT2D eigenvalue weighted by Gasteiger charge is -2.26. The van der Waals surface area contributed by atoms with E-state index in [1.165, 1.54) is 60.0 Å². The number of aromatic nitrogens is 1. The van der Waals surface area contributed by atoms with Crippen LogP contribution in [-0.2, 0) is 0 Å². The summed E-state index contributed by atoms with van der Waals surface area (Å²) < 4.78 is 9.13. The van der Waals surface area contributed by atoms with Crippen LogP contribution < -0.4 is 4.90 Å². The topological polar surface area (TPSA) is 21.3 Å². The highest BCUT2D eigenvalue weighted by atomic mass is 16.3. The van der Waals surface area contributed by atoms with E-state index in [-0.39, 0.29) is 0 Å². The van der Waals surface area contributed by atoms with Gasteiger partial charge in [0.25, 0.3) is 0 Å². The van der Waals surface area contributed by atoms with Gasteiger partial charge in [-0.2, -0.15) is 0 Å². The van der Waals surface area contributed by atoms with Gasteiger partial charge < -0.3 is 13.9 Å². The van der Waals surface area contributed by atoms with Crippen LogP contribution in [0.15, 0.2) is 223 Å². The van der Waals surface area contributed by atoms with Crippen molar-refractivity contribution in [2.24, 2.45) is 0 Å². The molecule has 0 saturated heterocycles. The molecule has 3 heteroatoms. The lowest BCUT2D eigenvalue weighted by Crippen LogP contribution is -2.10. The summed E-state index contributed by atoms with van der Waals surface area (Å²) >= 11 is 0. The van der Waals surface area contributed by atoms with Crippen LogP contribution >= 0.6 is 0 Å². The van der Waals surface area contributed by atoms with Crippen molar-refractivity contribution in [2.45, 2.75) is 0 Å². The van der Waals surface area contributed by atoms with Crippen LogP contribution in [0, 0.1) is 0 Å². The van der Waals surface area contributed by atoms with Crippen molar-refractivity contribution >= 4 is 82.4 Å². The molecule has 0 spiro atoms. The molecule has 12 rings (SSSR count). The molecule has 2 heterocycles. The van der Waals surface area contributed by atoms with Gasteiger partial charge in [0.05, 0.1) is 16.7 Å². The van der Waals surface area contributed by atoms with Crippen molar-refractivity contribution in [2.75, 3.05) is 4.90 Å². The number of nitrogens with zero attached hydrogens (tertiary/aromatic N) is 2. The third-order valence-electron chi connectivity index (χ3n) is 12.0. The van der Waals surface area contributed by atoms with E-state index in [0.717, 1.165) is 50.3 Å². The monoisotopic (exact) mass is 752 g/mol. The summed E-state index contributed by atoms with van der Waals surface area (Å²) in [4.78, 5) is 2.35. The first kappa shape index (κ1) is 33.3. The summed E-state index contributed by atoms with van der Waals surface area (Å²) in [6.07, 6.45) is 0. The zero-order valence-electron chi connectivity index (χ0n) is 32.1. The summed E-state index contributed by atoms with van der Waals surface area (Å²) in [6, 6.07) is 78.6. The second-order valence-corrected chi connectivity index (χ2v) is 15.3. The van der Waals surface area contributed by atoms with Gasteiger partial charge in [-0.25, -0.2) is 0 Å². The number of fused-ring (bicyclic) bond motifs is 9. The van der Waals surface area contributed by atoms with Crippen LogP contribution in [-0.4, -0.2) is 4.57 Å². The fourth-order valence-corrected chi connectivity index (χ4v) is 9.33. The molecule has 0 atom stereocenters. The van der Waals surface area contributed by atoms with Gasteiger partial charge in [0.1, 0.15) is 5.58 Å². The fourth-order valence-electron chi connectivity index (χ4n) is 9.33. The Labute approximate surface area is 341 Å². The molecule has 10 aromatic carbocycles. The number of hydrogen-bond donors (Lipinski definition) is 0. The molecule has 0 fully saturated rings. The smallest absolute Gasteiger partial charge is 0.159 e. The maximum Gasteiger partial charge on any atom is 0.159 e. The van der Waals surface area contributed by atoms with Gasteiger partial charge in [0, 0.05) is 44.2 Å². The summed E-state index contributed by atoms with van der Waals surface area (Å²) in [5.74, 6) is 0. The van der Waals surface area contributed by atoms with Crippen LogP contribution in [0.3, 0.4) is 0 Å². The SMILES string of the molecule is c1ccc(-n2c3ccccc3c3cccc(-c4cccc(N(c5ccc(-c6cc7ccccc7c7ccccc67)cc5)c5cccc6c5oc5ccccc56)c4)c32)cc1. The Morgan fingerprint density at radius 3 is 1.90 bits per heavy atom. The van der Waals surface area contributed by atoms with E-state index < -0.39 is 0 Å². The number of furan rings is 1. The van der Waals surface area contributed by atoms with Crippen molar-refractivity contribution in [3.8, 4) is 27.9 Å². The van der Waals surface area contributed by atoms with Gasteiger partial charge in [-0.1, -0.05) is 158 Å². The Kier molecular flexibility index (Phi) is 7.54. The first-order valence-electron chi connectivity index (χ1n) is 20.2. The first-order chi connectivity index (χ1) is 29.3. The molecule has 0 aliphatic heterocycles. The Hall–Kier alpha value is -7.88. The molecule has 276 valence electrons. The Bertz CT molecular complexity index is 3560. The normalized spacial score (nSPS) is 11.7. The van der Waals surface area contributed by atoms with Gasteiger partial charge in [-0.3, -0.25) is 0 Å². The highest BCUT2D eigenvalue weighted by Gasteiger charge is 2.22. The molecule has 3 nitrogen and oxygen atoms in total. The maximum atomic E-state index is 6.72. The van der Waals surface area contributed by atoms with Gasteiger partial charge in [-0.15, -0.1) is 0 Å². The minimum atomic E-state index is 0.856. The van der Waals surface area contributed by atoms with E-state index in [9.17, 15) is 0 Å². The summed E-state index contributed by atoms with van der Waals surface area (Å²) in [5, 5.41) is 9.69.